The summed E-state index contributed by atoms with van der Waals surface area (Å²) in [5.41, 5.74) is 1.69. The largest absolute Gasteiger partial charge is 0.481 e. The molecule has 18 heavy (non-hydrogen) atoms. The third-order valence-corrected chi connectivity index (χ3v) is 3.01. The van der Waals surface area contributed by atoms with Crippen LogP contribution in [0.25, 0.3) is 11.5 Å². The standard InChI is InChI=1S/C11H11N3O3S/c1-2-7-4-3-5-12-9(7)10-13-11(17-14-10)18-6-8(15)16/h3-5H,2,6H2,1H3,(H,15,16). The lowest BCUT2D eigenvalue weighted by atomic mass is 10.1. The molecule has 0 radical (unpaired) electrons. The topological polar surface area (TPSA) is 89.1 Å². The van der Waals surface area contributed by atoms with Crippen LogP contribution in [0.1, 0.15) is 12.5 Å². The molecule has 0 aliphatic heterocycles. The van der Waals surface area contributed by atoms with Crippen LogP contribution in [0.15, 0.2) is 28.1 Å². The lowest BCUT2D eigenvalue weighted by Crippen LogP contribution is -1.97. The number of aryl methyl sites for hydroxylation is 1. The fraction of sp³-hybridized carbons (Fsp3) is 0.273. The smallest absolute Gasteiger partial charge is 0.314 e. The second-order valence-corrected chi connectivity index (χ2v) is 4.36. The van der Waals surface area contributed by atoms with Gasteiger partial charge in [0.15, 0.2) is 0 Å². The fourth-order valence-electron chi connectivity index (χ4n) is 1.41. The van der Waals surface area contributed by atoms with Crippen LogP contribution in [-0.4, -0.2) is 32.0 Å². The van der Waals surface area contributed by atoms with E-state index in [9.17, 15) is 4.79 Å². The minimum absolute atomic E-state index is 0.107. The second-order valence-electron chi connectivity index (χ2n) is 3.43. The summed E-state index contributed by atoms with van der Waals surface area (Å²) in [5, 5.41) is 12.6. The van der Waals surface area contributed by atoms with E-state index in [4.69, 9.17) is 9.63 Å². The van der Waals surface area contributed by atoms with Crippen LogP contribution < -0.4 is 0 Å². The van der Waals surface area contributed by atoms with Gasteiger partial charge < -0.3 is 9.63 Å². The van der Waals surface area contributed by atoms with Gasteiger partial charge in [0, 0.05) is 6.20 Å². The molecule has 2 aromatic rings. The number of carboxylic acid groups (broad SMARTS) is 1. The zero-order valence-electron chi connectivity index (χ0n) is 9.66. The average Bonchev–Trinajstić information content (AvgIpc) is 2.85. The van der Waals surface area contributed by atoms with Crippen LogP contribution in [0, 0.1) is 0 Å². The zero-order valence-corrected chi connectivity index (χ0v) is 10.5. The van der Waals surface area contributed by atoms with E-state index in [1.807, 2.05) is 19.1 Å². The van der Waals surface area contributed by atoms with Crippen molar-refractivity contribution in [1.29, 1.82) is 0 Å². The van der Waals surface area contributed by atoms with Crippen LogP contribution in [0.2, 0.25) is 0 Å². The molecule has 7 heteroatoms. The highest BCUT2D eigenvalue weighted by molar-refractivity contribution is 7.99. The van der Waals surface area contributed by atoms with E-state index >= 15 is 0 Å². The highest BCUT2D eigenvalue weighted by Gasteiger charge is 2.13. The summed E-state index contributed by atoms with van der Waals surface area (Å²) >= 11 is 0.990. The van der Waals surface area contributed by atoms with Crippen LogP contribution in [0.3, 0.4) is 0 Å². The molecular formula is C11H11N3O3S. The van der Waals surface area contributed by atoms with Crippen molar-refractivity contribution in [2.24, 2.45) is 0 Å². The lowest BCUT2D eigenvalue weighted by molar-refractivity contribution is -0.133. The van der Waals surface area contributed by atoms with E-state index in [2.05, 4.69) is 15.1 Å². The number of thioether (sulfide) groups is 1. The summed E-state index contributed by atoms with van der Waals surface area (Å²) in [6.45, 7) is 2.01. The van der Waals surface area contributed by atoms with Gasteiger partial charge in [-0.15, -0.1) is 0 Å². The minimum atomic E-state index is -0.924. The Morgan fingerprint density at radius 2 is 2.39 bits per heavy atom. The molecule has 0 spiro atoms. The van der Waals surface area contributed by atoms with E-state index in [0.29, 0.717) is 11.5 Å². The first kappa shape index (κ1) is 12.6. The van der Waals surface area contributed by atoms with Crippen molar-refractivity contribution in [2.45, 2.75) is 18.6 Å². The molecule has 0 amide bonds. The quantitative estimate of drug-likeness (QED) is 0.825. The molecule has 2 heterocycles. The Kier molecular flexibility index (Phi) is 3.93. The third kappa shape index (κ3) is 2.86. The maximum Gasteiger partial charge on any atom is 0.314 e. The summed E-state index contributed by atoms with van der Waals surface area (Å²) in [4.78, 5) is 18.8. The van der Waals surface area contributed by atoms with Crippen LogP contribution in [0.5, 0.6) is 0 Å². The molecule has 1 N–H and O–H groups in total. The molecule has 0 atom stereocenters. The Bertz CT molecular complexity index is 556. The van der Waals surface area contributed by atoms with E-state index in [0.717, 1.165) is 23.7 Å². The Morgan fingerprint density at radius 3 is 3.11 bits per heavy atom. The maximum atomic E-state index is 10.4. The molecule has 0 saturated carbocycles. The molecule has 0 saturated heterocycles. The molecule has 2 rings (SSSR count). The van der Waals surface area contributed by atoms with Crippen molar-refractivity contribution in [3.8, 4) is 11.5 Å². The van der Waals surface area contributed by atoms with Crippen LogP contribution in [-0.2, 0) is 11.2 Å². The van der Waals surface area contributed by atoms with Gasteiger partial charge in [-0.1, -0.05) is 29.9 Å². The summed E-state index contributed by atoms with van der Waals surface area (Å²) in [5.74, 6) is -0.642. The number of rotatable bonds is 5. The van der Waals surface area contributed by atoms with E-state index in [1.54, 1.807) is 6.20 Å². The SMILES string of the molecule is CCc1cccnc1-c1noc(SCC(=O)O)n1. The van der Waals surface area contributed by atoms with Crippen molar-refractivity contribution in [3.63, 3.8) is 0 Å². The first-order valence-electron chi connectivity index (χ1n) is 5.33. The second kappa shape index (κ2) is 5.63. The molecule has 0 aliphatic rings. The van der Waals surface area contributed by atoms with E-state index in [-0.39, 0.29) is 11.0 Å². The van der Waals surface area contributed by atoms with Gasteiger partial charge in [-0.25, -0.2) is 0 Å². The van der Waals surface area contributed by atoms with Gasteiger partial charge >= 0.3 is 5.97 Å². The average molecular weight is 265 g/mol. The van der Waals surface area contributed by atoms with Crippen molar-refractivity contribution in [1.82, 2.24) is 15.1 Å². The number of aliphatic carboxylic acids is 1. The molecule has 2 aromatic heterocycles. The van der Waals surface area contributed by atoms with Crippen LogP contribution in [0.4, 0.5) is 0 Å². The number of aromatic nitrogens is 3. The number of hydrogen-bond acceptors (Lipinski definition) is 6. The molecule has 0 unspecified atom stereocenters. The van der Waals surface area contributed by atoms with E-state index < -0.39 is 5.97 Å². The molecular weight excluding hydrogens is 254 g/mol. The number of nitrogens with zero attached hydrogens (tertiary/aromatic N) is 3. The summed E-state index contributed by atoms with van der Waals surface area (Å²) in [6, 6.07) is 3.80. The van der Waals surface area contributed by atoms with Gasteiger partial charge in [0.05, 0.1) is 0 Å². The van der Waals surface area contributed by atoms with Gasteiger partial charge in [-0.05, 0) is 18.1 Å². The highest BCUT2D eigenvalue weighted by atomic mass is 32.2. The number of pyridine rings is 1. The van der Waals surface area contributed by atoms with Gasteiger partial charge in [0.1, 0.15) is 11.4 Å². The van der Waals surface area contributed by atoms with Crippen LogP contribution >= 0.6 is 11.8 Å². The molecule has 0 aromatic carbocycles. The normalized spacial score (nSPS) is 10.5. The van der Waals surface area contributed by atoms with Crippen molar-refractivity contribution < 1.29 is 14.4 Å². The van der Waals surface area contributed by atoms with Gasteiger partial charge in [0.25, 0.3) is 5.22 Å². The highest BCUT2D eigenvalue weighted by Crippen LogP contribution is 2.22. The Morgan fingerprint density at radius 1 is 1.56 bits per heavy atom. The third-order valence-electron chi connectivity index (χ3n) is 2.21. The molecule has 6 nitrogen and oxygen atoms in total. The number of carboxylic acids is 1. The Labute approximate surface area is 107 Å². The molecule has 0 fully saturated rings. The molecule has 0 aliphatic carbocycles. The lowest BCUT2D eigenvalue weighted by Gasteiger charge is -2.00. The van der Waals surface area contributed by atoms with Gasteiger partial charge in [0.2, 0.25) is 5.82 Å². The Balaban J connectivity index is 2.21. The van der Waals surface area contributed by atoms with E-state index in [1.165, 1.54) is 0 Å². The number of hydrogen-bond donors (Lipinski definition) is 1. The predicted octanol–water partition coefficient (Wildman–Crippen LogP) is 1.87. The first-order chi connectivity index (χ1) is 8.70. The number of carbonyl (C=O) groups is 1. The van der Waals surface area contributed by atoms with Gasteiger partial charge in [-0.2, -0.15) is 4.98 Å². The summed E-state index contributed by atoms with van der Waals surface area (Å²) in [6.07, 6.45) is 2.48. The minimum Gasteiger partial charge on any atom is -0.481 e. The van der Waals surface area contributed by atoms with Gasteiger partial charge in [-0.3, -0.25) is 9.78 Å². The van der Waals surface area contributed by atoms with Crippen molar-refractivity contribution in [2.75, 3.05) is 5.75 Å². The molecule has 0 bridgehead atoms. The molecule has 94 valence electrons. The monoisotopic (exact) mass is 265 g/mol. The Hall–Kier alpha value is -1.89. The summed E-state index contributed by atoms with van der Waals surface area (Å²) < 4.78 is 4.97. The van der Waals surface area contributed by atoms with Crippen molar-refractivity contribution >= 4 is 17.7 Å². The predicted molar refractivity (Wildman–Crippen MR) is 65.3 cm³/mol. The first-order valence-corrected chi connectivity index (χ1v) is 6.32. The van der Waals surface area contributed by atoms with Crippen molar-refractivity contribution in [3.05, 3.63) is 23.9 Å². The fourth-order valence-corrected chi connectivity index (χ4v) is 1.90. The summed E-state index contributed by atoms with van der Waals surface area (Å²) in [7, 11) is 0. The maximum absolute atomic E-state index is 10.4. The zero-order chi connectivity index (χ0) is 13.0.